The quantitative estimate of drug-likeness (QED) is 0.695. The Morgan fingerprint density at radius 2 is 1.86 bits per heavy atom. The molecule has 6 heteroatoms. The Hall–Kier alpha value is -2.50. The molecule has 3 nitrogen and oxygen atoms in total. The predicted molar refractivity (Wildman–Crippen MR) is 98.3 cm³/mol. The first-order chi connectivity index (χ1) is 13.3. The number of carboxylic acids is 1. The van der Waals surface area contributed by atoms with Crippen molar-refractivity contribution in [2.75, 3.05) is 5.32 Å². The number of rotatable bonds is 2. The van der Waals surface area contributed by atoms with Gasteiger partial charge in [-0.2, -0.15) is 13.2 Å². The molecule has 2 saturated carbocycles. The largest absolute Gasteiger partial charge is 0.478 e. The van der Waals surface area contributed by atoms with Crippen molar-refractivity contribution in [3.05, 3.63) is 64.7 Å². The summed E-state index contributed by atoms with van der Waals surface area (Å²) < 4.78 is 39.7. The molecule has 2 aromatic rings. The lowest BCUT2D eigenvalue weighted by Gasteiger charge is -2.43. The van der Waals surface area contributed by atoms with Crippen molar-refractivity contribution >= 4 is 11.7 Å². The Labute approximate surface area is 160 Å². The van der Waals surface area contributed by atoms with Crippen molar-refractivity contribution < 1.29 is 23.1 Å². The highest BCUT2D eigenvalue weighted by Crippen LogP contribution is 2.63. The number of alkyl halides is 3. The van der Waals surface area contributed by atoms with Crippen molar-refractivity contribution in [2.24, 2.45) is 17.8 Å². The molecule has 1 heterocycles. The summed E-state index contributed by atoms with van der Waals surface area (Å²) in [6, 6.07) is 10.5. The lowest BCUT2D eigenvalue weighted by molar-refractivity contribution is -0.137. The number of anilines is 1. The minimum absolute atomic E-state index is 0.189. The van der Waals surface area contributed by atoms with Gasteiger partial charge in [0.2, 0.25) is 0 Å². The molecule has 2 fully saturated rings. The van der Waals surface area contributed by atoms with Crippen LogP contribution in [0.15, 0.2) is 42.5 Å². The highest BCUT2D eigenvalue weighted by atomic mass is 19.4. The number of carboxylic acid groups (broad SMARTS) is 1. The van der Waals surface area contributed by atoms with Gasteiger partial charge < -0.3 is 10.4 Å². The molecule has 3 aliphatic rings. The first-order valence-electron chi connectivity index (χ1n) is 9.64. The van der Waals surface area contributed by atoms with Crippen LogP contribution in [0, 0.1) is 17.8 Å². The fourth-order valence-electron chi connectivity index (χ4n) is 5.86. The van der Waals surface area contributed by atoms with Gasteiger partial charge in [-0.05, 0) is 84.4 Å². The average Bonchev–Trinajstić information content (AvgIpc) is 3.29. The third kappa shape index (κ3) is 2.61. The third-order valence-corrected chi connectivity index (χ3v) is 6.91. The predicted octanol–water partition coefficient (Wildman–Crippen LogP) is 5.70. The van der Waals surface area contributed by atoms with Crippen LogP contribution in [-0.2, 0) is 6.18 Å². The van der Waals surface area contributed by atoms with Crippen LogP contribution < -0.4 is 5.32 Å². The number of hydrogen-bond acceptors (Lipinski definition) is 2. The highest BCUT2D eigenvalue weighted by molar-refractivity contribution is 5.88. The molecular formula is C22H20F3NO2. The van der Waals surface area contributed by atoms with Gasteiger partial charge in [-0.1, -0.05) is 12.1 Å². The third-order valence-electron chi connectivity index (χ3n) is 6.91. The monoisotopic (exact) mass is 387 g/mol. The number of carbonyl (C=O) groups is 1. The number of fused-ring (bicyclic) bond motifs is 7. The smallest absolute Gasteiger partial charge is 0.416 e. The minimum Gasteiger partial charge on any atom is -0.478 e. The first-order valence-corrected chi connectivity index (χ1v) is 9.64. The molecule has 5 rings (SSSR count). The Balaban J connectivity index is 1.61. The van der Waals surface area contributed by atoms with Crippen LogP contribution in [0.3, 0.4) is 0 Å². The summed E-state index contributed by atoms with van der Waals surface area (Å²) in [5.74, 6) is 0.381. The molecule has 0 unspecified atom stereocenters. The summed E-state index contributed by atoms with van der Waals surface area (Å²) in [7, 11) is 0. The van der Waals surface area contributed by atoms with Crippen LogP contribution in [0.2, 0.25) is 0 Å². The van der Waals surface area contributed by atoms with E-state index in [4.69, 9.17) is 0 Å². The standard InChI is InChI=1S/C22H20F3NO2/c23-22(24,25)15-3-1-2-13(9-15)20-19-12-5-4-11(8-12)18(19)16-10-14(21(27)28)6-7-17(16)26-20/h1-3,6-7,9-12,18-20,26H,4-5,8H2,(H,27,28)/t11-,12+,18+,19+,20+/m0/s1. The van der Waals surface area contributed by atoms with E-state index in [1.54, 1.807) is 24.3 Å². The van der Waals surface area contributed by atoms with Crippen LogP contribution in [-0.4, -0.2) is 11.1 Å². The SMILES string of the molecule is O=C(O)c1ccc2c(c1)[C@H]1[C@H]3CC[C@H](C3)[C@H]1[C@@H](c1cccc(C(F)(F)F)c1)N2. The van der Waals surface area contributed by atoms with Gasteiger partial charge in [0, 0.05) is 5.69 Å². The molecule has 28 heavy (non-hydrogen) atoms. The molecule has 0 aromatic heterocycles. The van der Waals surface area contributed by atoms with E-state index in [1.165, 1.54) is 12.1 Å². The molecule has 2 N–H and O–H groups in total. The van der Waals surface area contributed by atoms with Gasteiger partial charge >= 0.3 is 12.1 Å². The summed E-state index contributed by atoms with van der Waals surface area (Å²) in [6.45, 7) is 0. The van der Waals surface area contributed by atoms with E-state index in [1.807, 2.05) is 0 Å². The van der Waals surface area contributed by atoms with Crippen LogP contribution in [0.25, 0.3) is 0 Å². The molecule has 0 radical (unpaired) electrons. The van der Waals surface area contributed by atoms with Crippen molar-refractivity contribution in [1.82, 2.24) is 0 Å². The van der Waals surface area contributed by atoms with Gasteiger partial charge in [0.25, 0.3) is 0 Å². The van der Waals surface area contributed by atoms with E-state index in [0.29, 0.717) is 17.4 Å². The van der Waals surface area contributed by atoms with Gasteiger partial charge in [-0.25, -0.2) is 4.79 Å². The van der Waals surface area contributed by atoms with Crippen molar-refractivity contribution in [2.45, 2.75) is 37.4 Å². The lowest BCUT2D eigenvalue weighted by atomic mass is 9.68. The van der Waals surface area contributed by atoms with Crippen molar-refractivity contribution in [3.63, 3.8) is 0 Å². The number of hydrogen-bond donors (Lipinski definition) is 2. The Bertz CT molecular complexity index is 955. The Kier molecular flexibility index (Phi) is 3.77. The summed E-state index contributed by atoms with van der Waals surface area (Å²) in [4.78, 5) is 11.4. The number of benzene rings is 2. The lowest BCUT2D eigenvalue weighted by Crippen LogP contribution is -2.35. The van der Waals surface area contributed by atoms with E-state index in [9.17, 15) is 23.1 Å². The van der Waals surface area contributed by atoms with E-state index >= 15 is 0 Å². The summed E-state index contributed by atoms with van der Waals surface area (Å²) >= 11 is 0. The maximum Gasteiger partial charge on any atom is 0.416 e. The van der Waals surface area contributed by atoms with Crippen molar-refractivity contribution in [3.8, 4) is 0 Å². The molecule has 2 bridgehead atoms. The summed E-state index contributed by atoms with van der Waals surface area (Å²) in [5, 5.41) is 12.8. The first kappa shape index (κ1) is 17.6. The normalized spacial score (nSPS) is 30.5. The van der Waals surface area contributed by atoms with Gasteiger partial charge in [-0.15, -0.1) is 0 Å². The van der Waals surface area contributed by atoms with E-state index in [0.717, 1.165) is 36.6 Å². The number of aromatic carboxylic acids is 1. The molecule has 2 aliphatic carbocycles. The second-order valence-corrected chi connectivity index (χ2v) is 8.29. The molecular weight excluding hydrogens is 367 g/mol. The minimum atomic E-state index is -4.37. The van der Waals surface area contributed by atoms with Gasteiger partial charge in [0.05, 0.1) is 17.2 Å². The van der Waals surface area contributed by atoms with Gasteiger partial charge in [-0.3, -0.25) is 0 Å². The zero-order chi connectivity index (χ0) is 19.6. The van der Waals surface area contributed by atoms with Crippen LogP contribution >= 0.6 is 0 Å². The molecule has 1 aliphatic heterocycles. The molecule has 146 valence electrons. The Morgan fingerprint density at radius 3 is 2.61 bits per heavy atom. The van der Waals surface area contributed by atoms with Gasteiger partial charge in [0.1, 0.15) is 0 Å². The number of halogens is 3. The summed E-state index contributed by atoms with van der Waals surface area (Å²) in [5.41, 5.74) is 2.16. The second kappa shape index (κ2) is 6.00. The van der Waals surface area contributed by atoms with Crippen LogP contribution in [0.5, 0.6) is 0 Å². The molecule has 0 spiro atoms. The average molecular weight is 387 g/mol. The van der Waals surface area contributed by atoms with Crippen molar-refractivity contribution in [1.29, 1.82) is 0 Å². The topological polar surface area (TPSA) is 49.3 Å². The highest BCUT2D eigenvalue weighted by Gasteiger charge is 2.54. The zero-order valence-electron chi connectivity index (χ0n) is 15.0. The van der Waals surface area contributed by atoms with E-state index in [-0.39, 0.29) is 23.4 Å². The molecule has 0 amide bonds. The fourth-order valence-corrected chi connectivity index (χ4v) is 5.86. The fraction of sp³-hybridized carbons (Fsp3) is 0.409. The molecule has 2 aromatic carbocycles. The number of nitrogens with one attached hydrogen (secondary N) is 1. The van der Waals surface area contributed by atoms with Crippen LogP contribution in [0.4, 0.5) is 18.9 Å². The maximum absolute atomic E-state index is 13.2. The van der Waals surface area contributed by atoms with Gasteiger partial charge in [0.15, 0.2) is 0 Å². The van der Waals surface area contributed by atoms with Crippen LogP contribution in [0.1, 0.15) is 58.3 Å². The maximum atomic E-state index is 13.2. The Morgan fingerprint density at radius 1 is 1.07 bits per heavy atom. The zero-order valence-corrected chi connectivity index (χ0v) is 15.0. The van der Waals surface area contributed by atoms with E-state index in [2.05, 4.69) is 5.32 Å². The molecule has 0 saturated heterocycles. The molecule has 5 atom stereocenters. The van der Waals surface area contributed by atoms with E-state index < -0.39 is 17.7 Å². The second-order valence-electron chi connectivity index (χ2n) is 8.29. The summed E-state index contributed by atoms with van der Waals surface area (Å²) in [6.07, 6.45) is -1.09.